The molecule has 0 bridgehead atoms. The van der Waals surface area contributed by atoms with Gasteiger partial charge in [-0.05, 0) is 12.8 Å². The molecule has 0 aromatic heterocycles. The third-order valence-electron chi connectivity index (χ3n) is 4.79. The van der Waals surface area contributed by atoms with E-state index in [9.17, 15) is 9.59 Å². The molecule has 0 rings (SSSR count). The standard InChI is InChI=1S/C19H36O4/c1-4-6-7-8-9-10-11-12-13-14-15-19(5-2,16-17(20)21)18(22)23-3/h4-16H2,1-3H3,(H,20,21). The van der Waals surface area contributed by atoms with Crippen molar-refractivity contribution in [1.82, 2.24) is 0 Å². The Morgan fingerprint density at radius 3 is 1.74 bits per heavy atom. The van der Waals surface area contributed by atoms with Gasteiger partial charge in [0.05, 0.1) is 18.9 Å². The van der Waals surface area contributed by atoms with Gasteiger partial charge in [-0.15, -0.1) is 0 Å². The largest absolute Gasteiger partial charge is 0.481 e. The maximum atomic E-state index is 12.0. The number of esters is 1. The Hall–Kier alpha value is -1.06. The zero-order valence-corrected chi connectivity index (χ0v) is 15.4. The van der Waals surface area contributed by atoms with E-state index in [2.05, 4.69) is 6.92 Å². The number of carbonyl (C=O) groups is 2. The minimum atomic E-state index is -0.927. The summed E-state index contributed by atoms with van der Waals surface area (Å²) in [5.41, 5.74) is -0.846. The van der Waals surface area contributed by atoms with Crippen LogP contribution in [0.4, 0.5) is 0 Å². The summed E-state index contributed by atoms with van der Waals surface area (Å²) in [7, 11) is 1.34. The van der Waals surface area contributed by atoms with Crippen LogP contribution in [0.15, 0.2) is 0 Å². The van der Waals surface area contributed by atoms with Gasteiger partial charge in [0.2, 0.25) is 0 Å². The second-order valence-corrected chi connectivity index (χ2v) is 6.63. The molecule has 0 fully saturated rings. The van der Waals surface area contributed by atoms with Crippen molar-refractivity contribution in [3.8, 4) is 0 Å². The molecule has 4 heteroatoms. The van der Waals surface area contributed by atoms with Gasteiger partial charge in [0.25, 0.3) is 0 Å². The summed E-state index contributed by atoms with van der Waals surface area (Å²) >= 11 is 0. The van der Waals surface area contributed by atoms with E-state index in [1.165, 1.54) is 58.5 Å². The van der Waals surface area contributed by atoms with Crippen molar-refractivity contribution in [3.63, 3.8) is 0 Å². The molecule has 0 radical (unpaired) electrons. The summed E-state index contributed by atoms with van der Waals surface area (Å²) in [6.45, 7) is 4.10. The number of hydrogen-bond donors (Lipinski definition) is 1. The molecule has 0 amide bonds. The molecule has 136 valence electrons. The molecular weight excluding hydrogens is 292 g/mol. The van der Waals surface area contributed by atoms with E-state index in [4.69, 9.17) is 9.84 Å². The van der Waals surface area contributed by atoms with Crippen LogP contribution < -0.4 is 0 Å². The molecule has 1 N–H and O–H groups in total. The molecule has 23 heavy (non-hydrogen) atoms. The van der Waals surface area contributed by atoms with Gasteiger partial charge in [0.1, 0.15) is 0 Å². The fourth-order valence-electron chi connectivity index (χ4n) is 3.17. The predicted octanol–water partition coefficient (Wildman–Crippen LogP) is 5.34. The number of carboxylic acids is 1. The first kappa shape index (κ1) is 21.9. The topological polar surface area (TPSA) is 63.6 Å². The highest BCUT2D eigenvalue weighted by molar-refractivity contribution is 5.82. The van der Waals surface area contributed by atoms with Crippen molar-refractivity contribution in [1.29, 1.82) is 0 Å². The van der Waals surface area contributed by atoms with Gasteiger partial charge in [0, 0.05) is 0 Å². The average molecular weight is 328 g/mol. The highest BCUT2D eigenvalue weighted by atomic mass is 16.5. The van der Waals surface area contributed by atoms with Crippen molar-refractivity contribution in [2.45, 2.75) is 97.3 Å². The number of aliphatic carboxylic acids is 1. The first-order valence-electron chi connectivity index (χ1n) is 9.32. The van der Waals surface area contributed by atoms with Crippen molar-refractivity contribution in [3.05, 3.63) is 0 Å². The van der Waals surface area contributed by atoms with Crippen LogP contribution in [-0.4, -0.2) is 24.2 Å². The molecule has 0 aromatic rings. The Kier molecular flexibility index (Phi) is 12.8. The van der Waals surface area contributed by atoms with Crippen LogP contribution in [0.2, 0.25) is 0 Å². The van der Waals surface area contributed by atoms with Gasteiger partial charge in [-0.3, -0.25) is 9.59 Å². The Balaban J connectivity index is 3.95. The van der Waals surface area contributed by atoms with Crippen LogP contribution >= 0.6 is 0 Å². The minimum Gasteiger partial charge on any atom is -0.481 e. The van der Waals surface area contributed by atoms with Crippen molar-refractivity contribution < 1.29 is 19.4 Å². The number of unbranched alkanes of at least 4 members (excludes halogenated alkanes) is 9. The van der Waals surface area contributed by atoms with E-state index >= 15 is 0 Å². The van der Waals surface area contributed by atoms with Gasteiger partial charge in [-0.2, -0.15) is 0 Å². The highest BCUT2D eigenvalue weighted by Gasteiger charge is 2.39. The Morgan fingerprint density at radius 2 is 1.35 bits per heavy atom. The van der Waals surface area contributed by atoms with Gasteiger partial charge in [-0.1, -0.05) is 78.1 Å². The first-order valence-corrected chi connectivity index (χ1v) is 9.32. The van der Waals surface area contributed by atoms with Crippen LogP contribution in [0.5, 0.6) is 0 Å². The lowest BCUT2D eigenvalue weighted by Crippen LogP contribution is -2.34. The third-order valence-corrected chi connectivity index (χ3v) is 4.79. The summed E-state index contributed by atoms with van der Waals surface area (Å²) in [4.78, 5) is 23.1. The van der Waals surface area contributed by atoms with E-state index in [0.29, 0.717) is 12.8 Å². The summed E-state index contributed by atoms with van der Waals surface area (Å²) in [5.74, 6) is -1.30. The summed E-state index contributed by atoms with van der Waals surface area (Å²) in [6, 6.07) is 0. The zero-order valence-electron chi connectivity index (χ0n) is 15.4. The summed E-state index contributed by atoms with van der Waals surface area (Å²) < 4.78 is 4.85. The lowest BCUT2D eigenvalue weighted by Gasteiger charge is -2.28. The molecule has 0 spiro atoms. The Bertz CT molecular complexity index is 327. The number of methoxy groups -OCH3 is 1. The normalized spacial score (nSPS) is 13.5. The maximum Gasteiger partial charge on any atom is 0.312 e. The smallest absolute Gasteiger partial charge is 0.312 e. The Morgan fingerprint density at radius 1 is 0.870 bits per heavy atom. The van der Waals surface area contributed by atoms with Crippen LogP contribution in [-0.2, 0) is 14.3 Å². The molecule has 0 aromatic carbocycles. The van der Waals surface area contributed by atoms with Gasteiger partial charge in [-0.25, -0.2) is 0 Å². The molecule has 0 heterocycles. The number of carboxylic acid groups (broad SMARTS) is 1. The fourth-order valence-corrected chi connectivity index (χ4v) is 3.17. The zero-order chi connectivity index (χ0) is 17.6. The van der Waals surface area contributed by atoms with Crippen molar-refractivity contribution in [2.24, 2.45) is 5.41 Å². The average Bonchev–Trinajstić information content (AvgIpc) is 2.54. The first-order chi connectivity index (χ1) is 11.0. The molecule has 0 aliphatic heterocycles. The summed E-state index contributed by atoms with van der Waals surface area (Å²) in [6.07, 6.45) is 13.3. The molecular formula is C19H36O4. The monoisotopic (exact) mass is 328 g/mol. The minimum absolute atomic E-state index is 0.131. The lowest BCUT2D eigenvalue weighted by atomic mass is 9.77. The SMILES string of the molecule is CCCCCCCCCCCCC(CC)(CC(=O)O)C(=O)OC. The fraction of sp³-hybridized carbons (Fsp3) is 0.895. The van der Waals surface area contributed by atoms with E-state index in [0.717, 1.165) is 12.8 Å². The van der Waals surface area contributed by atoms with E-state index < -0.39 is 11.4 Å². The van der Waals surface area contributed by atoms with Crippen LogP contribution in [0.1, 0.15) is 97.3 Å². The van der Waals surface area contributed by atoms with Crippen molar-refractivity contribution in [2.75, 3.05) is 7.11 Å². The quantitative estimate of drug-likeness (QED) is 0.325. The molecule has 0 aliphatic carbocycles. The van der Waals surface area contributed by atoms with Crippen LogP contribution in [0, 0.1) is 5.41 Å². The molecule has 0 saturated carbocycles. The maximum absolute atomic E-state index is 12.0. The second-order valence-electron chi connectivity index (χ2n) is 6.63. The van der Waals surface area contributed by atoms with Crippen molar-refractivity contribution >= 4 is 11.9 Å². The van der Waals surface area contributed by atoms with Gasteiger partial charge >= 0.3 is 11.9 Å². The van der Waals surface area contributed by atoms with Gasteiger partial charge in [0.15, 0.2) is 0 Å². The van der Waals surface area contributed by atoms with E-state index in [-0.39, 0.29) is 12.4 Å². The molecule has 1 unspecified atom stereocenters. The molecule has 0 aliphatic rings. The number of hydrogen-bond acceptors (Lipinski definition) is 3. The Labute approximate surface area is 142 Å². The molecule has 0 saturated heterocycles. The second kappa shape index (κ2) is 13.4. The third kappa shape index (κ3) is 9.62. The number of carbonyl (C=O) groups excluding carboxylic acids is 1. The van der Waals surface area contributed by atoms with E-state index in [1.807, 2.05) is 6.92 Å². The lowest BCUT2D eigenvalue weighted by molar-refractivity contribution is -0.159. The van der Waals surface area contributed by atoms with Crippen LogP contribution in [0.3, 0.4) is 0 Å². The van der Waals surface area contributed by atoms with Crippen LogP contribution in [0.25, 0.3) is 0 Å². The highest BCUT2D eigenvalue weighted by Crippen LogP contribution is 2.34. The summed E-state index contributed by atoms with van der Waals surface area (Å²) in [5, 5.41) is 9.08. The number of rotatable bonds is 15. The molecule has 4 nitrogen and oxygen atoms in total. The van der Waals surface area contributed by atoms with E-state index in [1.54, 1.807) is 0 Å². The van der Waals surface area contributed by atoms with Gasteiger partial charge < -0.3 is 9.84 Å². The molecule has 1 atom stereocenters. The number of ether oxygens (including phenoxy) is 1. The predicted molar refractivity (Wildman–Crippen MR) is 93.5 cm³/mol.